The van der Waals surface area contributed by atoms with E-state index in [0.717, 1.165) is 19.0 Å². The number of hydrogen-bond donors (Lipinski definition) is 3. The van der Waals surface area contributed by atoms with E-state index in [4.69, 9.17) is 4.89 Å². The summed E-state index contributed by atoms with van der Waals surface area (Å²) in [6.07, 6.45) is 2.93. The topological polar surface area (TPSA) is 20.2 Å². The molecule has 0 saturated heterocycles. The van der Waals surface area contributed by atoms with Gasteiger partial charge in [-0.15, -0.1) is 0 Å². The zero-order valence-corrected chi connectivity index (χ0v) is 7.75. The third-order valence-electron chi connectivity index (χ3n) is 0.866. The molecule has 0 aliphatic carbocycles. The monoisotopic (exact) mass is 172 g/mol. The summed E-state index contributed by atoms with van der Waals surface area (Å²) in [5, 5.41) is 0. The number of thiol groups is 2. The molecule has 0 aliphatic rings. The van der Waals surface area contributed by atoms with Gasteiger partial charge in [0.15, 0.2) is 0 Å². The van der Waals surface area contributed by atoms with Crippen LogP contribution in [0.4, 0.5) is 0 Å². The third kappa shape index (κ3) is 7.09. The van der Waals surface area contributed by atoms with Crippen LogP contribution in [0.3, 0.4) is 0 Å². The van der Waals surface area contributed by atoms with Gasteiger partial charge in [0.2, 0.25) is 0 Å². The van der Waals surface area contributed by atoms with Gasteiger partial charge in [-0.25, -0.2) is 0 Å². The molecule has 0 heterocycles. The second-order valence-electron chi connectivity index (χ2n) is 1.88. The fraction of sp³-hybridized carbons (Fsp3) is 1.00. The molecule has 1 N–H and O–H groups in total. The van der Waals surface area contributed by atoms with Gasteiger partial charge in [0, 0.05) is 0 Å². The van der Waals surface area contributed by atoms with Crippen LogP contribution in [0.15, 0.2) is 0 Å². The van der Waals surface area contributed by atoms with Gasteiger partial charge >= 0.3 is 61.2 Å². The minimum atomic E-state index is -2.29. The van der Waals surface area contributed by atoms with Crippen molar-refractivity contribution >= 4 is 30.4 Å². The van der Waals surface area contributed by atoms with Crippen molar-refractivity contribution in [2.24, 2.45) is 0 Å². The van der Waals surface area contributed by atoms with E-state index >= 15 is 0 Å². The predicted octanol–water partition coefficient (Wildman–Crippen LogP) is 2.13. The summed E-state index contributed by atoms with van der Waals surface area (Å²) in [6, 6.07) is 0. The SMILES string of the molecule is CCCC[PH](O)(S)S. The van der Waals surface area contributed by atoms with Crippen molar-refractivity contribution in [3.05, 3.63) is 0 Å². The number of unbranched alkanes of at least 4 members (excludes halogenated alkanes) is 1. The van der Waals surface area contributed by atoms with Crippen LogP contribution in [0.5, 0.6) is 0 Å². The molecule has 0 rings (SSSR count). The van der Waals surface area contributed by atoms with Crippen molar-refractivity contribution in [2.45, 2.75) is 19.8 Å². The number of rotatable bonds is 3. The van der Waals surface area contributed by atoms with E-state index in [1.54, 1.807) is 0 Å². The fourth-order valence-corrected chi connectivity index (χ4v) is 2.19. The van der Waals surface area contributed by atoms with E-state index in [1.165, 1.54) is 0 Å². The van der Waals surface area contributed by atoms with Crippen molar-refractivity contribution in [3.63, 3.8) is 0 Å². The Bertz CT molecular complexity index is 61.5. The second kappa shape index (κ2) is 3.99. The Kier molecular flexibility index (Phi) is 4.54. The number of hydrogen-bond acceptors (Lipinski definition) is 3. The van der Waals surface area contributed by atoms with Crippen molar-refractivity contribution in [3.8, 4) is 0 Å². The molecule has 0 radical (unpaired) electrons. The molecule has 0 amide bonds. The van der Waals surface area contributed by atoms with E-state index in [1.807, 2.05) is 0 Å². The van der Waals surface area contributed by atoms with Crippen LogP contribution in [-0.2, 0) is 0 Å². The van der Waals surface area contributed by atoms with E-state index in [9.17, 15) is 0 Å². The first-order valence-corrected chi connectivity index (χ1v) is 7.46. The second-order valence-corrected chi connectivity index (χ2v) is 9.42. The van der Waals surface area contributed by atoms with E-state index < -0.39 is 5.89 Å². The molecule has 0 saturated carbocycles. The van der Waals surface area contributed by atoms with Crippen LogP contribution >= 0.6 is 30.4 Å². The van der Waals surface area contributed by atoms with Crippen LogP contribution in [0.2, 0.25) is 0 Å². The van der Waals surface area contributed by atoms with E-state index in [0.29, 0.717) is 0 Å². The molecule has 0 atom stereocenters. The van der Waals surface area contributed by atoms with Crippen molar-refractivity contribution in [1.82, 2.24) is 0 Å². The Morgan fingerprint density at radius 2 is 2.00 bits per heavy atom. The molecule has 4 heteroatoms. The Labute approximate surface area is 61.6 Å². The van der Waals surface area contributed by atoms with E-state index in [2.05, 4.69) is 31.4 Å². The summed E-state index contributed by atoms with van der Waals surface area (Å²) < 4.78 is 0. The van der Waals surface area contributed by atoms with Gasteiger partial charge in [0.1, 0.15) is 0 Å². The molecule has 52 valence electrons. The molecule has 8 heavy (non-hydrogen) atoms. The van der Waals surface area contributed by atoms with Gasteiger partial charge in [-0.3, -0.25) is 0 Å². The summed E-state index contributed by atoms with van der Waals surface area (Å²) in [7, 11) is 0. The standard InChI is InChI=1S/C4H13OPS2/c1-2-3-4-6(5,7)8/h5-8H,2-4H2,1H3. The fourth-order valence-electron chi connectivity index (χ4n) is 0.414. The summed E-state index contributed by atoms with van der Waals surface area (Å²) in [5.41, 5.74) is 0. The van der Waals surface area contributed by atoms with Crippen LogP contribution in [0, 0.1) is 0 Å². The van der Waals surface area contributed by atoms with Gasteiger partial charge in [-0.2, -0.15) is 0 Å². The zero-order valence-electron chi connectivity index (χ0n) is 4.96. The molecule has 0 aromatic heterocycles. The molecular formula is C4H13OPS2. The van der Waals surface area contributed by atoms with Gasteiger partial charge in [-0.05, 0) is 0 Å². The first-order chi connectivity index (χ1) is 3.56. The molecule has 0 bridgehead atoms. The maximum absolute atomic E-state index is 9.02. The summed E-state index contributed by atoms with van der Waals surface area (Å²) >= 11 is 7.89. The molecule has 0 fully saturated rings. The average Bonchev–Trinajstić information content (AvgIpc) is 1.59. The van der Waals surface area contributed by atoms with Gasteiger partial charge < -0.3 is 0 Å². The van der Waals surface area contributed by atoms with Gasteiger partial charge in [0.25, 0.3) is 0 Å². The Hall–Kier alpha value is 1.09. The van der Waals surface area contributed by atoms with Crippen molar-refractivity contribution < 1.29 is 4.89 Å². The Morgan fingerprint density at radius 3 is 2.12 bits per heavy atom. The van der Waals surface area contributed by atoms with Gasteiger partial charge in [0.05, 0.1) is 0 Å². The van der Waals surface area contributed by atoms with E-state index in [-0.39, 0.29) is 0 Å². The Balaban J connectivity index is 3.11. The molecule has 0 spiro atoms. The first kappa shape index (κ1) is 9.09. The third-order valence-corrected chi connectivity index (χ3v) is 3.23. The zero-order chi connectivity index (χ0) is 6.62. The summed E-state index contributed by atoms with van der Waals surface area (Å²) in [6.45, 7) is 2.09. The first-order valence-electron chi connectivity index (χ1n) is 2.73. The average molecular weight is 172 g/mol. The predicted molar refractivity (Wildman–Crippen MR) is 48.3 cm³/mol. The van der Waals surface area contributed by atoms with Crippen LogP contribution in [0.1, 0.15) is 19.8 Å². The molecular weight excluding hydrogens is 159 g/mol. The Morgan fingerprint density at radius 1 is 1.50 bits per heavy atom. The molecule has 1 nitrogen and oxygen atoms in total. The van der Waals surface area contributed by atoms with Crippen LogP contribution in [-0.4, -0.2) is 11.1 Å². The normalized spacial score (nSPS) is 14.0. The van der Waals surface area contributed by atoms with Crippen LogP contribution < -0.4 is 0 Å². The van der Waals surface area contributed by atoms with Crippen LogP contribution in [0.25, 0.3) is 0 Å². The van der Waals surface area contributed by atoms with Crippen molar-refractivity contribution in [1.29, 1.82) is 0 Å². The molecule has 0 aliphatic heterocycles. The maximum atomic E-state index is 9.02. The molecule has 0 unspecified atom stereocenters. The van der Waals surface area contributed by atoms with Crippen molar-refractivity contribution in [2.75, 3.05) is 6.16 Å². The van der Waals surface area contributed by atoms with Gasteiger partial charge in [-0.1, -0.05) is 0 Å². The minimum absolute atomic E-state index is 0.787. The summed E-state index contributed by atoms with van der Waals surface area (Å²) in [4.78, 5) is 9.02. The molecule has 0 aromatic rings. The summed E-state index contributed by atoms with van der Waals surface area (Å²) in [5.74, 6) is -2.29. The molecule has 0 aromatic carbocycles. The quantitative estimate of drug-likeness (QED) is 0.440.